The van der Waals surface area contributed by atoms with Gasteiger partial charge < -0.3 is 0 Å². The molecule has 0 aliphatic carbocycles. The van der Waals surface area contributed by atoms with Crippen molar-refractivity contribution in [3.05, 3.63) is 177 Å². The maximum Gasteiger partial charge on any atom is 2.00 e. The molecule has 0 spiro atoms. The molecule has 0 saturated heterocycles. The van der Waals surface area contributed by atoms with Crippen molar-refractivity contribution in [2.45, 2.75) is 0 Å². The topological polar surface area (TPSA) is 326 Å². The molecule has 9 heterocycles. The van der Waals surface area contributed by atoms with Gasteiger partial charge in [-0.1, -0.05) is 48.5 Å². The van der Waals surface area contributed by atoms with Gasteiger partial charge >= 0.3 is 19.5 Å². The van der Waals surface area contributed by atoms with Gasteiger partial charge in [0.25, 0.3) is 0 Å². The second kappa shape index (κ2) is 22.8. The van der Waals surface area contributed by atoms with Crippen molar-refractivity contribution in [2.24, 2.45) is 0 Å². The normalized spacial score (nSPS) is 10.9. The first kappa shape index (κ1) is 49.3. The molecule has 11 rings (SSSR count). The molecule has 334 valence electrons. The Hall–Kier alpha value is -7.17. The molecule has 2 aromatic carbocycles. The van der Waals surface area contributed by atoms with E-state index in [0.29, 0.717) is 17.0 Å². The fourth-order valence-corrected chi connectivity index (χ4v) is 6.28. The first-order valence-electron chi connectivity index (χ1n) is 19.0. The first-order chi connectivity index (χ1) is 31.8. The Morgan fingerprint density at radius 2 is 0.657 bits per heavy atom. The molecule has 9 aromatic heterocycles. The summed E-state index contributed by atoms with van der Waals surface area (Å²) >= 11 is 0. The fraction of sp³-hybridized carbons (Fsp3) is 0. The van der Waals surface area contributed by atoms with Crippen molar-refractivity contribution in [3.63, 3.8) is 0 Å². The summed E-state index contributed by atoms with van der Waals surface area (Å²) < 4.78 is 67.9. The molecule has 19 nitrogen and oxygen atoms in total. The Morgan fingerprint density at radius 3 is 1.09 bits per heavy atom. The summed E-state index contributed by atoms with van der Waals surface area (Å²) in [6, 6.07) is 42.9. The molecule has 0 amide bonds. The molecule has 67 heavy (non-hydrogen) atoms. The minimum absolute atomic E-state index is 0. The number of halogens is 2. The minimum Gasteiger partial charge on any atom is -0.255 e. The van der Waals surface area contributed by atoms with Gasteiger partial charge in [-0.15, -0.1) is 30.7 Å². The minimum atomic E-state index is -4.94. The molecule has 0 bridgehead atoms. The molecule has 0 unspecified atom stereocenters. The SMILES string of the molecule is [O-][Cl+3]([O-])([O-])[O-].[O-][Cl+3]([O-])([O-])[O-].[Ru+2].c1ccc(-c2ccccn2)nc1.c1ccc(-c2ccccn2)nc1.c1cnc2c(c1)ccc1ccc(-c3nnc4c5cccnc5c5ncccc5c4n3)nc12. The van der Waals surface area contributed by atoms with Gasteiger partial charge in [0, 0.05) is 64.9 Å². The van der Waals surface area contributed by atoms with Gasteiger partial charge in [-0.2, -0.15) is 0 Å². The van der Waals surface area contributed by atoms with Crippen LogP contribution in [0.1, 0.15) is 0 Å². The zero-order valence-electron chi connectivity index (χ0n) is 34.0. The van der Waals surface area contributed by atoms with Crippen LogP contribution in [0.25, 0.3) is 88.9 Å². The van der Waals surface area contributed by atoms with E-state index in [2.05, 4.69) is 51.2 Å². The number of rotatable bonds is 3. The Bertz CT molecular complexity index is 3130. The third kappa shape index (κ3) is 13.9. The molecule has 0 fully saturated rings. The van der Waals surface area contributed by atoms with Gasteiger partial charge in [0.05, 0.1) is 44.8 Å². The zero-order valence-corrected chi connectivity index (χ0v) is 37.3. The van der Waals surface area contributed by atoms with Crippen molar-refractivity contribution in [1.82, 2.24) is 55.1 Å². The monoisotopic (exact) mass is 1020 g/mol. The number of nitrogens with zero attached hydrogens (tertiary/aromatic N) is 11. The average Bonchev–Trinajstić information content (AvgIpc) is 3.34. The van der Waals surface area contributed by atoms with Crippen LogP contribution in [0, 0.1) is 20.5 Å². The second-order valence-corrected chi connectivity index (χ2v) is 14.7. The van der Waals surface area contributed by atoms with Crippen LogP contribution in [-0.4, -0.2) is 55.1 Å². The van der Waals surface area contributed by atoms with E-state index in [-0.39, 0.29) is 19.5 Å². The summed E-state index contributed by atoms with van der Waals surface area (Å²) in [6.07, 6.45) is 12.4. The second-order valence-electron chi connectivity index (χ2n) is 13.2. The van der Waals surface area contributed by atoms with Crippen LogP contribution in [0.2, 0.25) is 0 Å². The van der Waals surface area contributed by atoms with Crippen molar-refractivity contribution in [2.75, 3.05) is 0 Å². The van der Waals surface area contributed by atoms with E-state index in [1.165, 1.54) is 0 Å². The third-order valence-corrected chi connectivity index (χ3v) is 8.88. The summed E-state index contributed by atoms with van der Waals surface area (Å²) in [5.74, 6) is 0.459. The predicted molar refractivity (Wildman–Crippen MR) is 219 cm³/mol. The number of hydrogen-bond acceptors (Lipinski definition) is 19. The standard InChI is InChI=1S/C25H13N7.2C10H8N2.2ClHO4.Ru/c1-4-14-7-8-15-9-10-18(29-20(15)19(14)26-11-1)25-30-23-16-5-2-12-27-21(16)22-17(6-3-13-28-22)24(23)31-32-25;2*1-3-7-11-9(5-1)10-6-2-4-8-12-10;2*2-1(3,4)5;/h1-13H;2*1-8H;2*(H,2,3,4,5);/q;;;;;+2/p-2. The van der Waals surface area contributed by atoms with Gasteiger partial charge in [0.15, 0.2) is 0 Å². The summed E-state index contributed by atoms with van der Waals surface area (Å²) in [5, 5.41) is 12.8. The van der Waals surface area contributed by atoms with E-state index in [4.69, 9.17) is 47.2 Å². The first-order valence-corrected chi connectivity index (χ1v) is 21.5. The average molecular weight is 1020 g/mol. The van der Waals surface area contributed by atoms with Gasteiger partial charge in [-0.25, -0.2) is 47.2 Å². The molecule has 0 saturated carbocycles. The van der Waals surface area contributed by atoms with E-state index in [9.17, 15) is 0 Å². The molecule has 0 atom stereocenters. The number of benzene rings is 2. The Morgan fingerprint density at radius 1 is 0.284 bits per heavy atom. The number of pyridine rings is 8. The van der Waals surface area contributed by atoms with E-state index < -0.39 is 20.5 Å². The fourth-order valence-electron chi connectivity index (χ4n) is 6.28. The maximum atomic E-state index is 8.49. The predicted octanol–water partition coefficient (Wildman–Crippen LogP) is -0.343. The van der Waals surface area contributed by atoms with E-state index in [1.54, 1.807) is 43.4 Å². The Balaban J connectivity index is 0.000000174. The Kier molecular flexibility index (Phi) is 16.8. The summed E-state index contributed by atoms with van der Waals surface area (Å²) in [6.45, 7) is 0. The van der Waals surface area contributed by atoms with Crippen molar-refractivity contribution >= 4 is 54.6 Å². The summed E-state index contributed by atoms with van der Waals surface area (Å²) in [4.78, 5) is 40.1. The maximum absolute atomic E-state index is 8.49. The number of aromatic nitrogens is 11. The molecule has 0 aliphatic heterocycles. The van der Waals surface area contributed by atoms with E-state index in [1.807, 2.05) is 127 Å². The van der Waals surface area contributed by atoms with Crippen LogP contribution < -0.4 is 37.3 Å². The molecule has 0 radical (unpaired) electrons. The van der Waals surface area contributed by atoms with Crippen molar-refractivity contribution < 1.29 is 77.2 Å². The van der Waals surface area contributed by atoms with Crippen LogP contribution in [0.3, 0.4) is 0 Å². The van der Waals surface area contributed by atoms with Crippen LogP contribution in [-0.2, 0) is 19.5 Å². The van der Waals surface area contributed by atoms with E-state index in [0.717, 1.165) is 71.9 Å². The molecular weight excluding hydrogens is 995 g/mol. The smallest absolute Gasteiger partial charge is 0.255 e. The van der Waals surface area contributed by atoms with Gasteiger partial charge in [-0.3, -0.25) is 34.9 Å². The Labute approximate surface area is 396 Å². The number of hydrogen-bond donors (Lipinski definition) is 0. The molecule has 0 N–H and O–H groups in total. The van der Waals surface area contributed by atoms with Crippen LogP contribution in [0.4, 0.5) is 0 Å². The summed E-state index contributed by atoms with van der Waals surface area (Å²) in [7, 11) is -9.89. The van der Waals surface area contributed by atoms with Crippen LogP contribution in [0.15, 0.2) is 177 Å². The molecule has 11 aromatic rings. The van der Waals surface area contributed by atoms with Gasteiger partial charge in [0.1, 0.15) is 16.7 Å². The summed E-state index contributed by atoms with van der Waals surface area (Å²) in [5.41, 5.74) is 9.00. The van der Waals surface area contributed by atoms with Crippen molar-refractivity contribution in [1.29, 1.82) is 0 Å². The van der Waals surface area contributed by atoms with E-state index >= 15 is 0 Å². The van der Waals surface area contributed by atoms with Crippen LogP contribution in [0.5, 0.6) is 0 Å². The van der Waals surface area contributed by atoms with Gasteiger partial charge in [-0.05, 0) is 84.9 Å². The largest absolute Gasteiger partial charge is 2.00 e. The van der Waals surface area contributed by atoms with Crippen LogP contribution >= 0.6 is 0 Å². The molecule has 0 aliphatic rings. The van der Waals surface area contributed by atoms with Gasteiger partial charge in [0.2, 0.25) is 5.82 Å². The number of fused-ring (bicyclic) bond motifs is 9. The zero-order chi connectivity index (χ0) is 46.5. The molecular formula is C45H29Cl2N11O8Ru. The quantitative estimate of drug-likeness (QED) is 0.161. The molecule has 22 heteroatoms. The third-order valence-electron chi connectivity index (χ3n) is 8.88. The van der Waals surface area contributed by atoms with Crippen molar-refractivity contribution in [3.8, 4) is 34.3 Å².